The van der Waals surface area contributed by atoms with E-state index in [1.165, 1.54) is 11.8 Å². The van der Waals surface area contributed by atoms with Crippen LogP contribution in [-0.2, 0) is 4.79 Å². The van der Waals surface area contributed by atoms with Crippen molar-refractivity contribution in [3.8, 4) is 0 Å². The Morgan fingerprint density at radius 1 is 1.09 bits per heavy atom. The number of benzene rings is 2. The van der Waals surface area contributed by atoms with E-state index in [1.54, 1.807) is 18.2 Å². The molecule has 1 aliphatic rings. The van der Waals surface area contributed by atoms with Crippen LogP contribution in [0.5, 0.6) is 0 Å². The van der Waals surface area contributed by atoms with Gasteiger partial charge < -0.3 is 5.32 Å². The molecule has 2 aromatic rings. The van der Waals surface area contributed by atoms with E-state index in [2.05, 4.69) is 10.3 Å². The highest BCUT2D eigenvalue weighted by Crippen LogP contribution is 2.32. The molecule has 6 heteroatoms. The molecule has 0 atom stereocenters. The zero-order chi connectivity index (χ0) is 15.5. The topological polar surface area (TPSA) is 41.5 Å². The standard InChI is InChI=1S/C16H10Cl2N2OS/c17-11-6-7-13(12(18)9-11)19-16-20-15(21)14(22-16)8-10-4-2-1-3-5-10/h1-9H,(H,19,20,21). The van der Waals surface area contributed by atoms with Gasteiger partial charge >= 0.3 is 0 Å². The fourth-order valence-corrected chi connectivity index (χ4v) is 3.15. The van der Waals surface area contributed by atoms with Crippen LogP contribution in [0.1, 0.15) is 5.56 Å². The monoisotopic (exact) mass is 348 g/mol. The van der Waals surface area contributed by atoms with Crippen LogP contribution in [0.4, 0.5) is 5.69 Å². The molecule has 2 aromatic carbocycles. The van der Waals surface area contributed by atoms with Crippen molar-refractivity contribution in [2.24, 2.45) is 4.99 Å². The molecule has 0 saturated carbocycles. The van der Waals surface area contributed by atoms with Crippen molar-refractivity contribution in [2.75, 3.05) is 0 Å². The Hall–Kier alpha value is -1.75. The van der Waals surface area contributed by atoms with Gasteiger partial charge in [0.05, 0.1) is 15.6 Å². The second-order valence-electron chi connectivity index (χ2n) is 4.49. The van der Waals surface area contributed by atoms with Crippen LogP contribution >= 0.6 is 35.0 Å². The maximum Gasteiger partial charge on any atom is 0.264 e. The predicted octanol–water partition coefficient (Wildman–Crippen LogP) is 4.89. The number of nitrogens with zero attached hydrogens (tertiary/aromatic N) is 1. The van der Waals surface area contributed by atoms with Gasteiger partial charge in [0.15, 0.2) is 5.17 Å². The average molecular weight is 349 g/mol. The van der Waals surface area contributed by atoms with Crippen molar-refractivity contribution in [3.05, 3.63) is 69.0 Å². The molecule has 3 nitrogen and oxygen atoms in total. The second kappa shape index (κ2) is 6.57. The van der Waals surface area contributed by atoms with E-state index < -0.39 is 0 Å². The highest BCUT2D eigenvalue weighted by molar-refractivity contribution is 8.18. The van der Waals surface area contributed by atoms with Gasteiger partial charge in [-0.3, -0.25) is 4.79 Å². The van der Waals surface area contributed by atoms with E-state index in [0.717, 1.165) is 5.56 Å². The van der Waals surface area contributed by atoms with Crippen molar-refractivity contribution in [2.45, 2.75) is 0 Å². The lowest BCUT2D eigenvalue weighted by Crippen LogP contribution is -2.19. The molecule has 1 heterocycles. The van der Waals surface area contributed by atoms with Gasteiger partial charge in [-0.25, -0.2) is 4.99 Å². The maximum atomic E-state index is 12.0. The molecule has 0 aliphatic carbocycles. The van der Waals surface area contributed by atoms with Crippen LogP contribution in [0.2, 0.25) is 10.0 Å². The van der Waals surface area contributed by atoms with Gasteiger partial charge in [-0.05, 0) is 41.6 Å². The Bertz CT molecular complexity index is 788. The molecule has 0 spiro atoms. The van der Waals surface area contributed by atoms with Crippen molar-refractivity contribution >= 4 is 57.8 Å². The minimum Gasteiger partial charge on any atom is -0.300 e. The van der Waals surface area contributed by atoms with Gasteiger partial charge in [-0.2, -0.15) is 0 Å². The fourth-order valence-electron chi connectivity index (χ4n) is 1.86. The molecular formula is C16H10Cl2N2OS. The zero-order valence-electron chi connectivity index (χ0n) is 11.2. The Labute approximate surface area is 142 Å². The van der Waals surface area contributed by atoms with Gasteiger partial charge in [-0.1, -0.05) is 53.5 Å². The van der Waals surface area contributed by atoms with Gasteiger partial charge in [0.2, 0.25) is 0 Å². The lowest BCUT2D eigenvalue weighted by molar-refractivity contribution is -0.115. The Balaban J connectivity index is 1.85. The van der Waals surface area contributed by atoms with Crippen LogP contribution in [0.3, 0.4) is 0 Å². The molecular weight excluding hydrogens is 339 g/mol. The minimum atomic E-state index is -0.169. The van der Waals surface area contributed by atoms with Crippen LogP contribution < -0.4 is 5.32 Å². The van der Waals surface area contributed by atoms with Crippen molar-refractivity contribution in [3.63, 3.8) is 0 Å². The van der Waals surface area contributed by atoms with Gasteiger partial charge in [-0.15, -0.1) is 0 Å². The number of amidine groups is 1. The minimum absolute atomic E-state index is 0.169. The molecule has 1 N–H and O–H groups in total. The maximum absolute atomic E-state index is 12.0. The first-order valence-electron chi connectivity index (χ1n) is 6.41. The molecule has 3 rings (SSSR count). The number of thioether (sulfide) groups is 1. The molecule has 0 unspecified atom stereocenters. The number of carbonyl (C=O) groups excluding carboxylic acids is 1. The number of carbonyl (C=O) groups is 1. The van der Waals surface area contributed by atoms with Crippen LogP contribution in [0.15, 0.2) is 58.4 Å². The lowest BCUT2D eigenvalue weighted by atomic mass is 10.2. The number of hydrogen-bond acceptors (Lipinski definition) is 3. The summed E-state index contributed by atoms with van der Waals surface area (Å²) < 4.78 is 0. The number of amides is 1. The first kappa shape index (κ1) is 15.2. The molecule has 110 valence electrons. The molecule has 1 amide bonds. The molecule has 1 aliphatic heterocycles. The van der Waals surface area contributed by atoms with Gasteiger partial charge in [0, 0.05) is 5.02 Å². The third kappa shape index (κ3) is 3.53. The van der Waals surface area contributed by atoms with Gasteiger partial charge in [0.1, 0.15) is 0 Å². The second-order valence-corrected chi connectivity index (χ2v) is 6.36. The summed E-state index contributed by atoms with van der Waals surface area (Å²) >= 11 is 13.2. The Morgan fingerprint density at radius 3 is 2.59 bits per heavy atom. The predicted molar refractivity (Wildman–Crippen MR) is 93.7 cm³/mol. The van der Waals surface area contributed by atoms with Crippen LogP contribution in [0.25, 0.3) is 6.08 Å². The third-order valence-corrected chi connectivity index (χ3v) is 4.33. The molecule has 22 heavy (non-hydrogen) atoms. The largest absolute Gasteiger partial charge is 0.300 e. The third-order valence-electron chi connectivity index (χ3n) is 2.88. The summed E-state index contributed by atoms with van der Waals surface area (Å²) in [6.45, 7) is 0. The summed E-state index contributed by atoms with van der Waals surface area (Å²) in [5.41, 5.74) is 1.53. The number of nitrogens with one attached hydrogen (secondary N) is 1. The van der Waals surface area contributed by atoms with E-state index in [-0.39, 0.29) is 5.91 Å². The van der Waals surface area contributed by atoms with Crippen molar-refractivity contribution in [1.82, 2.24) is 5.32 Å². The van der Waals surface area contributed by atoms with Crippen molar-refractivity contribution in [1.29, 1.82) is 0 Å². The fraction of sp³-hybridized carbons (Fsp3) is 0. The highest BCUT2D eigenvalue weighted by atomic mass is 35.5. The summed E-state index contributed by atoms with van der Waals surface area (Å²) in [5.74, 6) is -0.169. The quantitative estimate of drug-likeness (QED) is 0.785. The normalized spacial score (nSPS) is 18.0. The number of hydrogen-bond donors (Lipinski definition) is 1. The number of aliphatic imine (C=N–C) groups is 1. The molecule has 0 radical (unpaired) electrons. The molecule has 1 fully saturated rings. The lowest BCUT2D eigenvalue weighted by Gasteiger charge is -1.99. The summed E-state index contributed by atoms with van der Waals surface area (Å²) in [4.78, 5) is 16.9. The highest BCUT2D eigenvalue weighted by Gasteiger charge is 2.23. The van der Waals surface area contributed by atoms with E-state index in [4.69, 9.17) is 23.2 Å². The van der Waals surface area contributed by atoms with E-state index in [9.17, 15) is 4.79 Å². The van der Waals surface area contributed by atoms with Crippen LogP contribution in [-0.4, -0.2) is 11.1 Å². The average Bonchev–Trinajstić information content (AvgIpc) is 2.83. The molecule has 0 aromatic heterocycles. The van der Waals surface area contributed by atoms with E-state index in [0.29, 0.717) is 25.8 Å². The summed E-state index contributed by atoms with van der Waals surface area (Å²) in [6, 6.07) is 14.7. The van der Waals surface area contributed by atoms with Crippen molar-refractivity contribution < 1.29 is 4.79 Å². The first-order chi connectivity index (χ1) is 10.6. The SMILES string of the molecule is O=C1NC(=Nc2ccc(Cl)cc2Cl)SC1=Cc1ccccc1. The van der Waals surface area contributed by atoms with E-state index in [1.807, 2.05) is 36.4 Å². The smallest absolute Gasteiger partial charge is 0.264 e. The number of rotatable bonds is 2. The zero-order valence-corrected chi connectivity index (χ0v) is 13.5. The van der Waals surface area contributed by atoms with Crippen LogP contribution in [0, 0.1) is 0 Å². The summed E-state index contributed by atoms with van der Waals surface area (Å²) in [7, 11) is 0. The van der Waals surface area contributed by atoms with Gasteiger partial charge in [0.25, 0.3) is 5.91 Å². The molecule has 0 bridgehead atoms. The summed E-state index contributed by atoms with van der Waals surface area (Å²) in [5, 5.41) is 4.21. The Morgan fingerprint density at radius 2 is 1.86 bits per heavy atom. The van der Waals surface area contributed by atoms with E-state index >= 15 is 0 Å². The summed E-state index contributed by atoms with van der Waals surface area (Å²) in [6.07, 6.45) is 1.83. The first-order valence-corrected chi connectivity index (χ1v) is 7.99. The Kier molecular flexibility index (Phi) is 4.52. The number of halogens is 2. The molecule has 1 saturated heterocycles.